The molecule has 5 nitrogen and oxygen atoms in total. The van der Waals surface area contributed by atoms with Crippen LogP contribution in [0.4, 0.5) is 10.1 Å². The molecule has 0 bridgehead atoms. The van der Waals surface area contributed by atoms with Gasteiger partial charge in [-0.25, -0.2) is 12.8 Å². The first-order valence-electron chi connectivity index (χ1n) is 7.18. The van der Waals surface area contributed by atoms with Gasteiger partial charge in [-0.05, 0) is 36.6 Å². The van der Waals surface area contributed by atoms with E-state index in [0.29, 0.717) is 12.1 Å². The minimum Gasteiger partial charge on any atom is -0.508 e. The van der Waals surface area contributed by atoms with Crippen LogP contribution in [0.15, 0.2) is 41.3 Å². The van der Waals surface area contributed by atoms with Crippen LogP contribution >= 0.6 is 22.6 Å². The Labute approximate surface area is 153 Å². The molecule has 1 aliphatic heterocycles. The Balaban J connectivity index is 2.15. The largest absolute Gasteiger partial charge is 0.508 e. The predicted octanol–water partition coefficient (Wildman–Crippen LogP) is 3.44. The molecule has 0 aromatic heterocycles. The summed E-state index contributed by atoms with van der Waals surface area (Å²) in [7, 11) is -2.64. The highest BCUT2D eigenvalue weighted by Crippen LogP contribution is 2.39. The second kappa shape index (κ2) is 6.40. The first-order chi connectivity index (χ1) is 11.3. The summed E-state index contributed by atoms with van der Waals surface area (Å²) in [6.45, 7) is 0. The number of halogens is 2. The molecular weight excluding hydrogens is 448 g/mol. The van der Waals surface area contributed by atoms with E-state index in [2.05, 4.69) is 22.6 Å². The summed E-state index contributed by atoms with van der Waals surface area (Å²) >= 11 is 2.06. The molecule has 128 valence electrons. The predicted molar refractivity (Wildman–Crippen MR) is 96.9 cm³/mol. The Kier molecular flexibility index (Phi) is 4.60. The molecule has 0 saturated heterocycles. The summed E-state index contributed by atoms with van der Waals surface area (Å²) in [5, 5.41) is 9.75. The summed E-state index contributed by atoms with van der Waals surface area (Å²) in [6, 6.07) is 8.16. The van der Waals surface area contributed by atoms with Crippen molar-refractivity contribution in [1.82, 2.24) is 0 Å². The zero-order valence-corrected chi connectivity index (χ0v) is 15.7. The number of methoxy groups -OCH3 is 1. The van der Waals surface area contributed by atoms with Crippen molar-refractivity contribution in [3.63, 3.8) is 0 Å². The van der Waals surface area contributed by atoms with Crippen molar-refractivity contribution in [2.24, 2.45) is 0 Å². The molecule has 1 unspecified atom stereocenters. The number of rotatable bonds is 3. The smallest absolute Gasteiger partial charge is 0.265 e. The van der Waals surface area contributed by atoms with Crippen LogP contribution in [0.2, 0.25) is 0 Å². The molecule has 1 atom stereocenters. The fraction of sp³-hybridized carbons (Fsp3) is 0.250. The minimum absolute atomic E-state index is 0.00358. The van der Waals surface area contributed by atoms with Crippen molar-refractivity contribution in [3.05, 3.63) is 47.8 Å². The van der Waals surface area contributed by atoms with Crippen LogP contribution in [0.3, 0.4) is 0 Å². The number of hydrogen-bond acceptors (Lipinski definition) is 4. The third kappa shape index (κ3) is 2.92. The normalized spacial score (nSPS) is 17.5. The number of aromatic hydroxyl groups is 1. The number of aryl methyl sites for hydroxylation is 1. The van der Waals surface area contributed by atoms with E-state index in [0.717, 1.165) is 18.1 Å². The fourth-order valence-electron chi connectivity index (χ4n) is 2.71. The maximum atomic E-state index is 13.6. The van der Waals surface area contributed by atoms with Gasteiger partial charge >= 0.3 is 0 Å². The Morgan fingerprint density at radius 1 is 1.29 bits per heavy atom. The third-order valence-electron chi connectivity index (χ3n) is 3.89. The van der Waals surface area contributed by atoms with E-state index in [4.69, 9.17) is 4.74 Å². The molecule has 8 heteroatoms. The molecular formula is C16H15FINO4S. The highest BCUT2D eigenvalue weighted by molar-refractivity contribution is 14.1. The van der Waals surface area contributed by atoms with Crippen molar-refractivity contribution in [2.45, 2.75) is 21.8 Å². The number of sulfonamides is 1. The highest BCUT2D eigenvalue weighted by Gasteiger charge is 2.35. The molecule has 3 rings (SSSR count). The lowest BCUT2D eigenvalue weighted by Crippen LogP contribution is -2.40. The van der Waals surface area contributed by atoms with Crippen molar-refractivity contribution in [3.8, 4) is 11.5 Å². The van der Waals surface area contributed by atoms with Gasteiger partial charge in [-0.2, -0.15) is 0 Å². The van der Waals surface area contributed by atoms with Gasteiger partial charge in [0, 0.05) is 12.1 Å². The SMILES string of the molecule is COc1cc(S(=O)(=O)N2c3cc(O)ccc3CCC2I)ccc1F. The Morgan fingerprint density at radius 3 is 2.75 bits per heavy atom. The average molecular weight is 463 g/mol. The van der Waals surface area contributed by atoms with Gasteiger partial charge in [0.15, 0.2) is 11.6 Å². The Hall–Kier alpha value is -1.55. The van der Waals surface area contributed by atoms with E-state index in [-0.39, 0.29) is 20.4 Å². The lowest BCUT2D eigenvalue weighted by Gasteiger charge is -2.35. The first-order valence-corrected chi connectivity index (χ1v) is 9.87. The minimum atomic E-state index is -3.92. The van der Waals surface area contributed by atoms with Crippen LogP contribution in [0.25, 0.3) is 0 Å². The fourth-order valence-corrected chi connectivity index (χ4v) is 5.77. The molecule has 1 aliphatic rings. The maximum Gasteiger partial charge on any atom is 0.265 e. The van der Waals surface area contributed by atoms with Gasteiger partial charge in [-0.3, -0.25) is 4.31 Å². The molecule has 0 spiro atoms. The van der Waals surface area contributed by atoms with Crippen LogP contribution in [-0.4, -0.2) is 24.7 Å². The number of phenols is 1. The number of hydrogen-bond donors (Lipinski definition) is 1. The molecule has 0 amide bonds. The van der Waals surface area contributed by atoms with Crippen LogP contribution in [-0.2, 0) is 16.4 Å². The van der Waals surface area contributed by atoms with Gasteiger partial charge in [0.2, 0.25) is 0 Å². The molecule has 1 heterocycles. The van der Waals surface area contributed by atoms with Gasteiger partial charge in [0.25, 0.3) is 10.0 Å². The Morgan fingerprint density at radius 2 is 2.04 bits per heavy atom. The van der Waals surface area contributed by atoms with Gasteiger partial charge in [0.05, 0.1) is 21.7 Å². The van der Waals surface area contributed by atoms with E-state index in [9.17, 15) is 17.9 Å². The summed E-state index contributed by atoms with van der Waals surface area (Å²) in [5.74, 6) is -0.760. The number of alkyl halides is 1. The standard InChI is InChI=1S/C16H15FINO4S/c1-23-15-9-12(5-6-13(15)17)24(21,22)19-14-8-11(20)4-2-10(14)3-7-16(19)18/h2,4-6,8-9,16,20H,3,7H2,1H3. The van der Waals surface area contributed by atoms with Crippen molar-refractivity contribution in [2.75, 3.05) is 11.4 Å². The molecule has 0 saturated carbocycles. The van der Waals surface area contributed by atoms with E-state index in [1.165, 1.54) is 35.7 Å². The average Bonchev–Trinajstić information content (AvgIpc) is 2.54. The van der Waals surface area contributed by atoms with Gasteiger partial charge in [-0.1, -0.05) is 28.7 Å². The second-order valence-corrected chi connectivity index (χ2v) is 8.64. The van der Waals surface area contributed by atoms with Crippen LogP contribution in [0.5, 0.6) is 11.5 Å². The quantitative estimate of drug-likeness (QED) is 0.431. The van der Waals surface area contributed by atoms with E-state index < -0.39 is 15.8 Å². The summed E-state index contributed by atoms with van der Waals surface area (Å²) in [4.78, 5) is -0.0568. The van der Waals surface area contributed by atoms with Crippen molar-refractivity contribution < 1.29 is 22.7 Å². The van der Waals surface area contributed by atoms with Gasteiger partial charge in [0.1, 0.15) is 5.75 Å². The molecule has 2 aromatic carbocycles. The number of phenolic OH excluding ortho intramolecular Hbond substituents is 1. The summed E-state index contributed by atoms with van der Waals surface area (Å²) in [5.41, 5.74) is 1.29. The van der Waals surface area contributed by atoms with Crippen LogP contribution < -0.4 is 9.04 Å². The molecule has 0 fully saturated rings. The second-order valence-electron chi connectivity index (χ2n) is 5.38. The summed E-state index contributed by atoms with van der Waals surface area (Å²) in [6.07, 6.45) is 1.37. The van der Waals surface area contributed by atoms with Crippen molar-refractivity contribution >= 4 is 38.3 Å². The lowest BCUT2D eigenvalue weighted by atomic mass is 10.0. The van der Waals surface area contributed by atoms with Crippen LogP contribution in [0.1, 0.15) is 12.0 Å². The van der Waals surface area contributed by atoms with Gasteiger partial charge < -0.3 is 9.84 Å². The molecule has 2 aromatic rings. The molecule has 1 N–H and O–H groups in total. The van der Waals surface area contributed by atoms with Crippen LogP contribution in [0, 0.1) is 5.82 Å². The highest BCUT2D eigenvalue weighted by atomic mass is 127. The molecule has 0 aliphatic carbocycles. The van der Waals surface area contributed by atoms with Crippen molar-refractivity contribution in [1.29, 1.82) is 0 Å². The number of benzene rings is 2. The summed E-state index contributed by atoms with van der Waals surface area (Å²) < 4.78 is 45.7. The number of nitrogens with zero attached hydrogens (tertiary/aromatic N) is 1. The zero-order valence-electron chi connectivity index (χ0n) is 12.7. The van der Waals surface area contributed by atoms with E-state index >= 15 is 0 Å². The zero-order chi connectivity index (χ0) is 17.5. The molecule has 24 heavy (non-hydrogen) atoms. The lowest BCUT2D eigenvalue weighted by molar-refractivity contribution is 0.385. The van der Waals surface area contributed by atoms with Gasteiger partial charge in [-0.15, -0.1) is 0 Å². The monoisotopic (exact) mass is 463 g/mol. The number of ether oxygens (including phenoxy) is 1. The third-order valence-corrected chi connectivity index (χ3v) is 7.27. The topological polar surface area (TPSA) is 66.8 Å². The molecule has 0 radical (unpaired) electrons. The first kappa shape index (κ1) is 17.3. The van der Waals surface area contributed by atoms with E-state index in [1.54, 1.807) is 6.07 Å². The number of anilines is 1. The Bertz CT molecular complexity index is 888. The maximum absolute atomic E-state index is 13.6. The number of fused-ring (bicyclic) bond motifs is 1. The van der Waals surface area contributed by atoms with E-state index in [1.807, 2.05) is 0 Å².